The lowest BCUT2D eigenvalue weighted by Crippen LogP contribution is -2.16. The average molecular weight is 405 g/mol. The highest BCUT2D eigenvalue weighted by atomic mass is 35.5. The summed E-state index contributed by atoms with van der Waals surface area (Å²) in [5.41, 5.74) is 0.703. The van der Waals surface area contributed by atoms with Crippen LogP contribution >= 0.6 is 11.6 Å². The number of esters is 1. The Morgan fingerprint density at radius 3 is 2.00 bits per heavy atom. The zero-order valence-electron chi connectivity index (χ0n) is 16.1. The molecule has 0 radical (unpaired) electrons. The molecule has 0 spiro atoms. The zero-order valence-corrected chi connectivity index (χ0v) is 16.8. The lowest BCUT2D eigenvalue weighted by Gasteiger charge is -2.14. The van der Waals surface area contributed by atoms with E-state index in [1.807, 2.05) is 0 Å². The van der Waals surface area contributed by atoms with E-state index >= 15 is 0 Å². The molecule has 0 saturated heterocycles. The SMILES string of the molecule is CCOC(=O)/C(=C\c1ccc(Cl)cc1)C(=O)c1cc(OC)c(OC)c(OC)c1. The number of hydrogen-bond donors (Lipinski definition) is 0. The summed E-state index contributed by atoms with van der Waals surface area (Å²) in [6.07, 6.45) is 1.46. The summed E-state index contributed by atoms with van der Waals surface area (Å²) >= 11 is 5.90. The summed E-state index contributed by atoms with van der Waals surface area (Å²) in [5.74, 6) is -0.301. The number of hydrogen-bond acceptors (Lipinski definition) is 6. The largest absolute Gasteiger partial charge is 0.493 e. The van der Waals surface area contributed by atoms with Crippen LogP contribution in [-0.4, -0.2) is 39.7 Å². The summed E-state index contributed by atoms with van der Waals surface area (Å²) in [6.45, 7) is 1.81. The van der Waals surface area contributed by atoms with Crippen LogP contribution < -0.4 is 14.2 Å². The van der Waals surface area contributed by atoms with E-state index in [0.717, 1.165) is 0 Å². The number of ketones is 1. The van der Waals surface area contributed by atoms with Crippen LogP contribution in [0.15, 0.2) is 42.0 Å². The number of rotatable bonds is 8. The van der Waals surface area contributed by atoms with Gasteiger partial charge in [-0.2, -0.15) is 0 Å². The Labute approximate surface area is 168 Å². The molecule has 0 aromatic heterocycles. The van der Waals surface area contributed by atoms with Crippen molar-refractivity contribution in [1.82, 2.24) is 0 Å². The number of methoxy groups -OCH3 is 3. The molecule has 0 saturated carbocycles. The molecular formula is C21H21ClO6. The molecule has 6 nitrogen and oxygen atoms in total. The van der Waals surface area contributed by atoms with Crippen molar-refractivity contribution in [2.24, 2.45) is 0 Å². The third-order valence-corrected chi connectivity index (χ3v) is 4.10. The van der Waals surface area contributed by atoms with Crippen molar-refractivity contribution in [2.45, 2.75) is 6.92 Å². The van der Waals surface area contributed by atoms with Gasteiger partial charge in [0.25, 0.3) is 0 Å². The maximum Gasteiger partial charge on any atom is 0.342 e. The minimum Gasteiger partial charge on any atom is -0.493 e. The minimum atomic E-state index is -0.726. The highest BCUT2D eigenvalue weighted by Gasteiger charge is 2.24. The maximum atomic E-state index is 13.1. The van der Waals surface area contributed by atoms with Gasteiger partial charge in [-0.25, -0.2) is 4.79 Å². The molecule has 0 fully saturated rings. The fourth-order valence-electron chi connectivity index (χ4n) is 2.52. The van der Waals surface area contributed by atoms with Gasteiger partial charge in [0.15, 0.2) is 11.5 Å². The van der Waals surface area contributed by atoms with E-state index in [2.05, 4.69) is 0 Å². The molecule has 28 heavy (non-hydrogen) atoms. The number of Topliss-reactive ketones (excluding diaryl/α,β-unsaturated/α-hetero) is 1. The fourth-order valence-corrected chi connectivity index (χ4v) is 2.65. The van der Waals surface area contributed by atoms with Crippen molar-refractivity contribution in [3.05, 3.63) is 58.1 Å². The van der Waals surface area contributed by atoms with Gasteiger partial charge in [-0.15, -0.1) is 0 Å². The first-order valence-corrected chi connectivity index (χ1v) is 8.82. The van der Waals surface area contributed by atoms with E-state index in [9.17, 15) is 9.59 Å². The Balaban J connectivity index is 2.56. The lowest BCUT2D eigenvalue weighted by molar-refractivity contribution is -0.137. The molecule has 2 aromatic rings. The highest BCUT2D eigenvalue weighted by molar-refractivity contribution is 6.30. The van der Waals surface area contributed by atoms with Crippen LogP contribution in [0.5, 0.6) is 17.2 Å². The fraction of sp³-hybridized carbons (Fsp3) is 0.238. The van der Waals surface area contributed by atoms with Gasteiger partial charge in [-0.1, -0.05) is 23.7 Å². The van der Waals surface area contributed by atoms with Gasteiger partial charge >= 0.3 is 5.97 Å². The number of carbonyl (C=O) groups is 2. The Bertz CT molecular complexity index is 861. The first-order valence-electron chi connectivity index (χ1n) is 8.44. The molecule has 0 amide bonds. The number of benzene rings is 2. The summed E-state index contributed by atoms with van der Waals surface area (Å²) < 4.78 is 20.9. The molecule has 0 heterocycles. The van der Waals surface area contributed by atoms with E-state index in [1.165, 1.54) is 39.5 Å². The molecule has 0 unspecified atom stereocenters. The quantitative estimate of drug-likeness (QED) is 0.216. The number of halogens is 1. The molecular weight excluding hydrogens is 384 g/mol. The molecule has 0 bridgehead atoms. The minimum absolute atomic E-state index is 0.126. The van der Waals surface area contributed by atoms with Crippen LogP contribution in [0.2, 0.25) is 5.02 Å². The number of carbonyl (C=O) groups excluding carboxylic acids is 2. The van der Waals surface area contributed by atoms with Crippen LogP contribution in [0.4, 0.5) is 0 Å². The molecule has 2 aromatic carbocycles. The Morgan fingerprint density at radius 2 is 1.54 bits per heavy atom. The Kier molecular flexibility index (Phi) is 7.46. The van der Waals surface area contributed by atoms with Crippen LogP contribution in [0.1, 0.15) is 22.8 Å². The Morgan fingerprint density at radius 1 is 0.964 bits per heavy atom. The van der Waals surface area contributed by atoms with Crippen LogP contribution in [0.3, 0.4) is 0 Å². The van der Waals surface area contributed by atoms with Crippen LogP contribution in [-0.2, 0) is 9.53 Å². The third kappa shape index (κ3) is 4.84. The molecule has 0 N–H and O–H groups in total. The van der Waals surface area contributed by atoms with Gasteiger partial charge in [0.2, 0.25) is 11.5 Å². The second-order valence-electron chi connectivity index (χ2n) is 5.57. The van der Waals surface area contributed by atoms with Crippen molar-refractivity contribution in [2.75, 3.05) is 27.9 Å². The van der Waals surface area contributed by atoms with Gasteiger partial charge in [0.1, 0.15) is 5.57 Å². The van der Waals surface area contributed by atoms with Gasteiger partial charge in [-0.05, 0) is 42.8 Å². The molecule has 148 valence electrons. The van der Waals surface area contributed by atoms with Crippen LogP contribution in [0.25, 0.3) is 6.08 Å². The highest BCUT2D eigenvalue weighted by Crippen LogP contribution is 2.38. The van der Waals surface area contributed by atoms with E-state index in [0.29, 0.717) is 27.8 Å². The first-order chi connectivity index (χ1) is 13.4. The zero-order chi connectivity index (χ0) is 20.7. The van der Waals surface area contributed by atoms with Gasteiger partial charge in [0.05, 0.1) is 27.9 Å². The van der Waals surface area contributed by atoms with E-state index < -0.39 is 11.8 Å². The van der Waals surface area contributed by atoms with Gasteiger partial charge < -0.3 is 18.9 Å². The van der Waals surface area contributed by atoms with Crippen molar-refractivity contribution >= 4 is 29.4 Å². The second-order valence-corrected chi connectivity index (χ2v) is 6.01. The third-order valence-electron chi connectivity index (χ3n) is 3.85. The van der Waals surface area contributed by atoms with Gasteiger partial charge in [-0.3, -0.25) is 4.79 Å². The number of ether oxygens (including phenoxy) is 4. The van der Waals surface area contributed by atoms with Gasteiger partial charge in [0, 0.05) is 10.6 Å². The van der Waals surface area contributed by atoms with E-state index in [1.54, 1.807) is 31.2 Å². The topological polar surface area (TPSA) is 71.1 Å². The summed E-state index contributed by atoms with van der Waals surface area (Å²) in [6, 6.07) is 9.70. The molecule has 0 atom stereocenters. The molecule has 0 aliphatic rings. The second kappa shape index (κ2) is 9.80. The molecule has 2 rings (SSSR count). The average Bonchev–Trinajstić information content (AvgIpc) is 2.71. The standard InChI is InChI=1S/C21H21ClO6/c1-5-28-21(24)16(10-13-6-8-15(22)9-7-13)19(23)14-11-17(25-2)20(27-4)18(12-14)26-3/h6-12H,5H2,1-4H3/b16-10-. The normalized spacial score (nSPS) is 11.0. The molecule has 0 aliphatic carbocycles. The summed E-state index contributed by atoms with van der Waals surface area (Å²) in [7, 11) is 4.36. The van der Waals surface area contributed by atoms with Crippen LogP contribution in [0, 0.1) is 0 Å². The smallest absolute Gasteiger partial charge is 0.342 e. The molecule has 0 aliphatic heterocycles. The maximum absolute atomic E-state index is 13.1. The lowest BCUT2D eigenvalue weighted by atomic mass is 10.00. The monoisotopic (exact) mass is 404 g/mol. The van der Waals surface area contributed by atoms with E-state index in [4.69, 9.17) is 30.5 Å². The van der Waals surface area contributed by atoms with E-state index in [-0.39, 0.29) is 17.7 Å². The summed E-state index contributed by atoms with van der Waals surface area (Å²) in [5, 5.41) is 0.547. The van der Waals surface area contributed by atoms with Crippen molar-refractivity contribution in [3.8, 4) is 17.2 Å². The summed E-state index contributed by atoms with van der Waals surface area (Å²) in [4.78, 5) is 25.6. The first kappa shape index (κ1) is 21.3. The van der Waals surface area contributed by atoms with Crippen molar-refractivity contribution in [3.63, 3.8) is 0 Å². The Hall–Kier alpha value is -2.99. The van der Waals surface area contributed by atoms with Crippen molar-refractivity contribution < 1.29 is 28.5 Å². The molecule has 7 heteroatoms. The predicted molar refractivity (Wildman–Crippen MR) is 106 cm³/mol. The van der Waals surface area contributed by atoms with Crippen molar-refractivity contribution in [1.29, 1.82) is 0 Å². The predicted octanol–water partition coefficient (Wildman–Crippen LogP) is 4.20.